The molecule has 2 amide bonds. The van der Waals surface area contributed by atoms with Gasteiger partial charge >= 0.3 is 0 Å². The number of anilines is 1. The summed E-state index contributed by atoms with van der Waals surface area (Å²) in [4.78, 5) is 32.4. The number of hydrogen-bond donors (Lipinski definition) is 1. The van der Waals surface area contributed by atoms with Crippen LogP contribution in [0.5, 0.6) is 0 Å². The molecule has 2 aromatic heterocycles. The number of imidazole rings is 1. The molecular formula is C25H32N4O2. The summed E-state index contributed by atoms with van der Waals surface area (Å²) in [6.07, 6.45) is 13.6. The Bertz CT molecular complexity index is 984. The Hall–Kier alpha value is -2.37. The molecule has 4 bridgehead atoms. The van der Waals surface area contributed by atoms with Crippen LogP contribution >= 0.6 is 0 Å². The first-order valence-corrected chi connectivity index (χ1v) is 12.1. The van der Waals surface area contributed by atoms with Crippen LogP contribution in [0.4, 0.5) is 5.82 Å². The molecule has 164 valence electrons. The normalized spacial score (nSPS) is 31.9. The van der Waals surface area contributed by atoms with Crippen molar-refractivity contribution in [1.29, 1.82) is 0 Å². The zero-order chi connectivity index (χ0) is 21.0. The zero-order valence-electron chi connectivity index (χ0n) is 18.2. The molecule has 1 saturated heterocycles. The topological polar surface area (TPSA) is 66.7 Å². The van der Waals surface area contributed by atoms with Gasteiger partial charge in [-0.05, 0) is 93.1 Å². The first-order chi connectivity index (χ1) is 15.1. The molecule has 31 heavy (non-hydrogen) atoms. The van der Waals surface area contributed by atoms with E-state index in [9.17, 15) is 9.59 Å². The lowest BCUT2D eigenvalue weighted by Crippen LogP contribution is -2.47. The molecule has 1 aliphatic heterocycles. The van der Waals surface area contributed by atoms with Crippen molar-refractivity contribution in [3.05, 3.63) is 30.1 Å². The van der Waals surface area contributed by atoms with Gasteiger partial charge < -0.3 is 10.2 Å². The van der Waals surface area contributed by atoms with Crippen LogP contribution in [0.15, 0.2) is 24.4 Å². The summed E-state index contributed by atoms with van der Waals surface area (Å²) < 4.78 is 1.86. The number of aromatic nitrogens is 2. The third-order valence-corrected chi connectivity index (χ3v) is 8.32. The number of nitrogens with one attached hydrogen (secondary N) is 1. The highest BCUT2D eigenvalue weighted by atomic mass is 16.2. The van der Waals surface area contributed by atoms with Crippen LogP contribution in [-0.2, 0) is 4.79 Å². The Morgan fingerprint density at radius 3 is 2.35 bits per heavy atom. The number of amides is 2. The lowest BCUT2D eigenvalue weighted by Gasteiger charge is -2.56. The van der Waals surface area contributed by atoms with E-state index in [1.807, 2.05) is 27.5 Å². The van der Waals surface area contributed by atoms with E-state index in [0.717, 1.165) is 43.7 Å². The fourth-order valence-corrected chi connectivity index (χ4v) is 7.51. The maximum atomic E-state index is 13.1. The number of hydrogen-bond acceptors (Lipinski definition) is 3. The van der Waals surface area contributed by atoms with Gasteiger partial charge in [-0.3, -0.25) is 14.0 Å². The van der Waals surface area contributed by atoms with E-state index in [1.165, 1.54) is 44.9 Å². The molecule has 0 aromatic carbocycles. The van der Waals surface area contributed by atoms with Crippen LogP contribution in [0.25, 0.3) is 5.65 Å². The number of fused-ring (bicyclic) bond motifs is 1. The maximum Gasteiger partial charge on any atom is 0.274 e. The first kappa shape index (κ1) is 19.3. The van der Waals surface area contributed by atoms with E-state index < -0.39 is 0 Å². The van der Waals surface area contributed by atoms with Crippen LogP contribution in [0.2, 0.25) is 0 Å². The molecule has 0 spiro atoms. The number of nitrogens with zero attached hydrogens (tertiary/aromatic N) is 3. The number of pyridine rings is 1. The highest BCUT2D eigenvalue weighted by Gasteiger charge is 2.51. The van der Waals surface area contributed by atoms with Crippen molar-refractivity contribution in [2.24, 2.45) is 23.2 Å². The number of rotatable bonds is 4. The fraction of sp³-hybridized carbons (Fsp3) is 0.640. The van der Waals surface area contributed by atoms with E-state index in [-0.39, 0.29) is 17.2 Å². The summed E-state index contributed by atoms with van der Waals surface area (Å²) >= 11 is 0. The lowest BCUT2D eigenvalue weighted by atomic mass is 9.49. The maximum absolute atomic E-state index is 13.1. The smallest absolute Gasteiger partial charge is 0.274 e. The van der Waals surface area contributed by atoms with Crippen molar-refractivity contribution in [3.63, 3.8) is 0 Å². The minimum atomic E-state index is -0.00533. The minimum Gasteiger partial charge on any atom is -0.337 e. The second kappa shape index (κ2) is 7.35. The molecule has 1 N–H and O–H groups in total. The zero-order valence-corrected chi connectivity index (χ0v) is 18.2. The molecule has 4 saturated carbocycles. The summed E-state index contributed by atoms with van der Waals surface area (Å²) in [5.41, 5.74) is 1.38. The van der Waals surface area contributed by atoms with Crippen LogP contribution in [0, 0.1) is 23.2 Å². The third-order valence-electron chi connectivity index (χ3n) is 8.32. The molecule has 6 heteroatoms. The van der Waals surface area contributed by atoms with E-state index in [0.29, 0.717) is 23.6 Å². The first-order valence-electron chi connectivity index (χ1n) is 12.1. The average Bonchev–Trinajstić information content (AvgIpc) is 3.18. The van der Waals surface area contributed by atoms with Crippen LogP contribution in [-0.4, -0.2) is 39.2 Å². The molecule has 4 aliphatic carbocycles. The largest absolute Gasteiger partial charge is 0.337 e. The van der Waals surface area contributed by atoms with Gasteiger partial charge in [-0.1, -0.05) is 6.07 Å². The summed E-state index contributed by atoms with van der Waals surface area (Å²) in [6.45, 7) is 1.61. The van der Waals surface area contributed by atoms with Gasteiger partial charge in [-0.15, -0.1) is 0 Å². The molecule has 0 radical (unpaired) electrons. The van der Waals surface area contributed by atoms with Gasteiger partial charge in [-0.2, -0.15) is 0 Å². The van der Waals surface area contributed by atoms with Crippen molar-refractivity contribution in [2.45, 2.75) is 64.2 Å². The molecule has 2 aromatic rings. The summed E-state index contributed by atoms with van der Waals surface area (Å²) in [5, 5.41) is 3.15. The highest BCUT2D eigenvalue weighted by Crippen LogP contribution is 2.61. The van der Waals surface area contributed by atoms with E-state index in [2.05, 4.69) is 10.3 Å². The quantitative estimate of drug-likeness (QED) is 0.792. The van der Waals surface area contributed by atoms with Crippen molar-refractivity contribution >= 4 is 23.3 Å². The van der Waals surface area contributed by atoms with Gasteiger partial charge in [0, 0.05) is 25.7 Å². The second-order valence-corrected chi connectivity index (χ2v) is 10.8. The summed E-state index contributed by atoms with van der Waals surface area (Å²) in [7, 11) is 0. The lowest BCUT2D eigenvalue weighted by molar-refractivity contribution is -0.124. The SMILES string of the molecule is O=C(CC12CC3CC(CC(C3)C1)C2)Nc1cccc2nc(C(=O)N3CCCCC3)cn12. The number of carbonyl (C=O) groups excluding carboxylic acids is 2. The Morgan fingerprint density at radius 1 is 1.00 bits per heavy atom. The predicted molar refractivity (Wildman–Crippen MR) is 119 cm³/mol. The monoisotopic (exact) mass is 420 g/mol. The third kappa shape index (κ3) is 3.54. The Balaban J connectivity index is 1.19. The summed E-state index contributed by atoms with van der Waals surface area (Å²) in [5.74, 6) is 3.34. The number of piperidine rings is 1. The minimum absolute atomic E-state index is 0.00533. The van der Waals surface area contributed by atoms with Gasteiger partial charge in [0.25, 0.3) is 5.91 Å². The van der Waals surface area contributed by atoms with E-state index in [1.54, 1.807) is 6.20 Å². The van der Waals surface area contributed by atoms with E-state index in [4.69, 9.17) is 0 Å². The molecule has 5 aliphatic rings. The highest BCUT2D eigenvalue weighted by molar-refractivity contribution is 5.94. The molecular weight excluding hydrogens is 388 g/mol. The average molecular weight is 421 g/mol. The van der Waals surface area contributed by atoms with Crippen molar-refractivity contribution in [3.8, 4) is 0 Å². The molecule has 0 unspecified atom stereocenters. The molecule has 7 rings (SSSR count). The standard InChI is InChI=1S/C25H32N4O2/c30-23(15-25-12-17-9-18(13-25)11-19(10-17)14-25)27-22-6-4-5-21-26-20(16-29(21)22)24(31)28-7-2-1-3-8-28/h4-6,16-19H,1-3,7-15H2,(H,27,30). The molecule has 6 nitrogen and oxygen atoms in total. The van der Waals surface area contributed by atoms with E-state index >= 15 is 0 Å². The molecule has 0 atom stereocenters. The van der Waals surface area contributed by atoms with Crippen LogP contribution < -0.4 is 5.32 Å². The van der Waals surface area contributed by atoms with Crippen molar-refractivity contribution in [2.75, 3.05) is 18.4 Å². The van der Waals surface area contributed by atoms with Crippen LogP contribution in [0.3, 0.4) is 0 Å². The molecule has 3 heterocycles. The summed E-state index contributed by atoms with van der Waals surface area (Å²) in [6, 6.07) is 5.70. The van der Waals surface area contributed by atoms with Crippen LogP contribution in [0.1, 0.15) is 74.7 Å². The molecule has 5 fully saturated rings. The Labute approximate surface area is 183 Å². The van der Waals surface area contributed by atoms with Gasteiger partial charge in [0.15, 0.2) is 0 Å². The van der Waals surface area contributed by atoms with Crippen molar-refractivity contribution in [1.82, 2.24) is 14.3 Å². The van der Waals surface area contributed by atoms with Gasteiger partial charge in [0.1, 0.15) is 17.2 Å². The van der Waals surface area contributed by atoms with Gasteiger partial charge in [0.05, 0.1) is 0 Å². The Morgan fingerprint density at radius 2 is 1.68 bits per heavy atom. The number of likely N-dealkylation sites (tertiary alicyclic amines) is 1. The number of carbonyl (C=O) groups is 2. The van der Waals surface area contributed by atoms with Gasteiger partial charge in [-0.25, -0.2) is 4.98 Å². The van der Waals surface area contributed by atoms with Crippen molar-refractivity contribution < 1.29 is 9.59 Å². The predicted octanol–water partition coefficient (Wildman–Crippen LogP) is 4.51. The van der Waals surface area contributed by atoms with Gasteiger partial charge in [0.2, 0.25) is 5.91 Å². The Kier molecular flexibility index (Phi) is 4.58. The second-order valence-electron chi connectivity index (χ2n) is 10.8. The fourth-order valence-electron chi connectivity index (χ4n) is 7.51.